The van der Waals surface area contributed by atoms with E-state index in [1.54, 1.807) is 37.6 Å². The highest BCUT2D eigenvalue weighted by Gasteiger charge is 2.23. The molecule has 19 heavy (non-hydrogen) atoms. The van der Waals surface area contributed by atoms with Gasteiger partial charge in [0.15, 0.2) is 0 Å². The number of benzene rings is 1. The van der Waals surface area contributed by atoms with Gasteiger partial charge in [-0.2, -0.15) is 9.40 Å². The van der Waals surface area contributed by atoms with Gasteiger partial charge in [-0.1, -0.05) is 6.07 Å². The van der Waals surface area contributed by atoms with E-state index in [1.165, 1.54) is 4.31 Å². The molecule has 7 heteroatoms. The third-order valence-electron chi connectivity index (χ3n) is 2.74. The molecule has 0 radical (unpaired) electrons. The summed E-state index contributed by atoms with van der Waals surface area (Å²) < 4.78 is 26.8. The van der Waals surface area contributed by atoms with Crippen molar-refractivity contribution in [2.75, 3.05) is 7.05 Å². The standard InChI is InChI=1S/C12H14BrN3O2S/c1-9-3-4-12(11(13)5-9)19(17,18)16(2)8-10-6-14-15-7-10/h3-7H,8H2,1-2H3,(H,14,15). The first-order valence-corrected chi connectivity index (χ1v) is 7.84. The number of nitrogens with zero attached hydrogens (tertiary/aromatic N) is 2. The Morgan fingerprint density at radius 2 is 2.16 bits per heavy atom. The molecule has 0 amide bonds. The largest absolute Gasteiger partial charge is 0.285 e. The average Bonchev–Trinajstić information content (AvgIpc) is 2.81. The fraction of sp³-hybridized carbons (Fsp3) is 0.250. The van der Waals surface area contributed by atoms with Crippen LogP contribution in [0.1, 0.15) is 11.1 Å². The minimum absolute atomic E-state index is 0.268. The highest BCUT2D eigenvalue weighted by molar-refractivity contribution is 9.10. The van der Waals surface area contributed by atoms with Crippen LogP contribution in [-0.4, -0.2) is 30.0 Å². The number of rotatable bonds is 4. The van der Waals surface area contributed by atoms with Gasteiger partial charge in [-0.15, -0.1) is 0 Å². The molecule has 1 heterocycles. The van der Waals surface area contributed by atoms with Gasteiger partial charge in [-0.3, -0.25) is 5.10 Å². The minimum atomic E-state index is -3.52. The fourth-order valence-electron chi connectivity index (χ4n) is 1.69. The van der Waals surface area contributed by atoms with Crippen LogP contribution >= 0.6 is 15.9 Å². The van der Waals surface area contributed by atoms with Crippen LogP contribution in [-0.2, 0) is 16.6 Å². The average molecular weight is 344 g/mol. The maximum Gasteiger partial charge on any atom is 0.244 e. The number of aromatic nitrogens is 2. The minimum Gasteiger partial charge on any atom is -0.285 e. The molecule has 0 atom stereocenters. The zero-order chi connectivity index (χ0) is 14.0. The smallest absolute Gasteiger partial charge is 0.244 e. The second-order valence-electron chi connectivity index (χ2n) is 4.30. The van der Waals surface area contributed by atoms with Crippen LogP contribution in [0, 0.1) is 6.92 Å². The van der Waals surface area contributed by atoms with Gasteiger partial charge in [0.1, 0.15) is 0 Å². The van der Waals surface area contributed by atoms with E-state index >= 15 is 0 Å². The Morgan fingerprint density at radius 3 is 2.74 bits per heavy atom. The lowest BCUT2D eigenvalue weighted by molar-refractivity contribution is 0.466. The van der Waals surface area contributed by atoms with Crippen LogP contribution in [0.3, 0.4) is 0 Å². The van der Waals surface area contributed by atoms with Crippen LogP contribution < -0.4 is 0 Å². The topological polar surface area (TPSA) is 66.1 Å². The van der Waals surface area contributed by atoms with Crippen LogP contribution in [0.5, 0.6) is 0 Å². The van der Waals surface area contributed by atoms with E-state index in [0.717, 1.165) is 11.1 Å². The summed E-state index contributed by atoms with van der Waals surface area (Å²) in [6.07, 6.45) is 3.28. The van der Waals surface area contributed by atoms with Crippen LogP contribution in [0.15, 0.2) is 40.0 Å². The lowest BCUT2D eigenvalue weighted by Crippen LogP contribution is -2.26. The van der Waals surface area contributed by atoms with Gasteiger partial charge < -0.3 is 0 Å². The second kappa shape index (κ2) is 5.44. The van der Waals surface area contributed by atoms with Crippen molar-refractivity contribution in [1.29, 1.82) is 0 Å². The predicted octanol–water partition coefficient (Wildman–Crippen LogP) is 2.30. The van der Waals surface area contributed by atoms with Gasteiger partial charge in [-0.05, 0) is 40.5 Å². The molecule has 1 aromatic heterocycles. The number of hydrogen-bond donors (Lipinski definition) is 1. The Hall–Kier alpha value is -1.18. The number of nitrogens with one attached hydrogen (secondary N) is 1. The van der Waals surface area contributed by atoms with Gasteiger partial charge in [0.2, 0.25) is 10.0 Å². The summed E-state index contributed by atoms with van der Waals surface area (Å²) in [6, 6.07) is 5.18. The molecule has 1 N–H and O–H groups in total. The number of H-pyrrole nitrogens is 1. The van der Waals surface area contributed by atoms with Crippen LogP contribution in [0.2, 0.25) is 0 Å². The van der Waals surface area contributed by atoms with Gasteiger partial charge in [-0.25, -0.2) is 8.42 Å². The lowest BCUT2D eigenvalue weighted by atomic mass is 10.2. The van der Waals surface area contributed by atoms with Gasteiger partial charge in [0, 0.05) is 29.8 Å². The highest BCUT2D eigenvalue weighted by Crippen LogP contribution is 2.26. The van der Waals surface area contributed by atoms with E-state index in [1.807, 2.05) is 6.92 Å². The summed E-state index contributed by atoms with van der Waals surface area (Å²) in [7, 11) is -1.97. The molecule has 0 aliphatic rings. The Labute approximate surface area is 120 Å². The molecular weight excluding hydrogens is 330 g/mol. The summed E-state index contributed by atoms with van der Waals surface area (Å²) in [5.41, 5.74) is 1.82. The van der Waals surface area contributed by atoms with Gasteiger partial charge in [0.05, 0.1) is 11.1 Å². The second-order valence-corrected chi connectivity index (χ2v) is 7.17. The summed E-state index contributed by atoms with van der Waals surface area (Å²) in [6.45, 7) is 2.19. The first-order chi connectivity index (χ1) is 8.91. The molecule has 102 valence electrons. The normalized spacial score (nSPS) is 12.0. The van der Waals surface area contributed by atoms with Crippen LogP contribution in [0.4, 0.5) is 0 Å². The fourth-order valence-corrected chi connectivity index (χ4v) is 4.00. The first kappa shape index (κ1) is 14.2. The quantitative estimate of drug-likeness (QED) is 0.926. The zero-order valence-electron chi connectivity index (χ0n) is 10.6. The van der Waals surface area contributed by atoms with Crippen molar-refractivity contribution in [1.82, 2.24) is 14.5 Å². The lowest BCUT2D eigenvalue weighted by Gasteiger charge is -2.17. The molecule has 0 spiro atoms. The van der Waals surface area contributed by atoms with Gasteiger partial charge in [0.25, 0.3) is 0 Å². The number of halogens is 1. The number of sulfonamides is 1. The molecule has 0 saturated heterocycles. The molecule has 0 unspecified atom stereocenters. The van der Waals surface area contributed by atoms with E-state index in [-0.39, 0.29) is 11.4 Å². The zero-order valence-corrected chi connectivity index (χ0v) is 13.0. The van der Waals surface area contributed by atoms with E-state index in [2.05, 4.69) is 26.1 Å². The molecule has 0 aliphatic heterocycles. The third kappa shape index (κ3) is 3.05. The van der Waals surface area contributed by atoms with E-state index < -0.39 is 10.0 Å². The Bertz CT molecular complexity index is 668. The van der Waals surface area contributed by atoms with Crippen molar-refractivity contribution in [2.45, 2.75) is 18.4 Å². The van der Waals surface area contributed by atoms with Crippen LogP contribution in [0.25, 0.3) is 0 Å². The summed E-state index contributed by atoms with van der Waals surface area (Å²) in [4.78, 5) is 0.268. The summed E-state index contributed by atoms with van der Waals surface area (Å²) in [5.74, 6) is 0. The molecule has 0 bridgehead atoms. The maximum absolute atomic E-state index is 12.5. The third-order valence-corrected chi connectivity index (χ3v) is 5.52. The molecule has 5 nitrogen and oxygen atoms in total. The molecule has 2 rings (SSSR count). The summed E-state index contributed by atoms with van der Waals surface area (Å²) >= 11 is 3.30. The molecule has 0 fully saturated rings. The molecule has 2 aromatic rings. The first-order valence-electron chi connectivity index (χ1n) is 5.61. The maximum atomic E-state index is 12.5. The van der Waals surface area contributed by atoms with Crippen molar-refractivity contribution >= 4 is 26.0 Å². The molecule has 0 aliphatic carbocycles. The highest BCUT2D eigenvalue weighted by atomic mass is 79.9. The van der Waals surface area contributed by atoms with E-state index in [4.69, 9.17) is 0 Å². The molecule has 0 saturated carbocycles. The molecular formula is C12H14BrN3O2S. The Balaban J connectivity index is 2.31. The van der Waals surface area contributed by atoms with Crippen molar-refractivity contribution in [3.05, 3.63) is 46.2 Å². The monoisotopic (exact) mass is 343 g/mol. The van der Waals surface area contributed by atoms with E-state index in [0.29, 0.717) is 4.47 Å². The van der Waals surface area contributed by atoms with Crippen molar-refractivity contribution < 1.29 is 8.42 Å². The SMILES string of the molecule is Cc1ccc(S(=O)(=O)N(C)Cc2cn[nH]c2)c(Br)c1. The van der Waals surface area contributed by atoms with E-state index in [9.17, 15) is 8.42 Å². The molecule has 1 aromatic carbocycles. The van der Waals surface area contributed by atoms with Crippen molar-refractivity contribution in [3.8, 4) is 0 Å². The van der Waals surface area contributed by atoms with Crippen molar-refractivity contribution in [3.63, 3.8) is 0 Å². The summed E-state index contributed by atoms with van der Waals surface area (Å²) in [5, 5.41) is 6.47. The Morgan fingerprint density at radius 1 is 1.42 bits per heavy atom. The Kier molecular flexibility index (Phi) is 4.07. The number of aromatic amines is 1. The number of aryl methyl sites for hydroxylation is 1. The van der Waals surface area contributed by atoms with Crippen molar-refractivity contribution in [2.24, 2.45) is 0 Å². The predicted molar refractivity (Wildman–Crippen MR) is 76.1 cm³/mol. The number of hydrogen-bond acceptors (Lipinski definition) is 3. The van der Waals surface area contributed by atoms with Gasteiger partial charge >= 0.3 is 0 Å².